The molecule has 0 saturated heterocycles. The number of rotatable bonds is 8. The van der Waals surface area contributed by atoms with Crippen LogP contribution in [0.2, 0.25) is 0 Å². The van der Waals surface area contributed by atoms with Crippen LogP contribution < -0.4 is 19.3 Å². The highest BCUT2D eigenvalue weighted by Gasteiger charge is 2.32. The van der Waals surface area contributed by atoms with E-state index < -0.39 is 18.4 Å². The van der Waals surface area contributed by atoms with Gasteiger partial charge >= 0.3 is 6.36 Å². The molecule has 11 heteroatoms. The molecule has 2 aromatic heterocycles. The lowest BCUT2D eigenvalue weighted by Crippen LogP contribution is -2.37. The van der Waals surface area contributed by atoms with Crippen LogP contribution in [-0.2, 0) is 11.3 Å². The molecule has 0 unspecified atom stereocenters. The quantitative estimate of drug-likeness (QED) is 0.266. The van der Waals surface area contributed by atoms with Gasteiger partial charge < -0.3 is 33.2 Å². The van der Waals surface area contributed by atoms with Gasteiger partial charge in [-0.15, -0.1) is 13.2 Å². The molecule has 0 amide bonds. The number of para-hydroxylation sites is 1. The number of methoxy groups -OCH3 is 1. The SMILES string of the molecule is COc1cccc2c(-c3c(C)n(Cc4cccc(O[C@@H](C)C(=O)[O-])c4)c4cc(OC(F)(F)F)ccc34)noc12. The summed E-state index contributed by atoms with van der Waals surface area (Å²) in [5, 5.41) is 16.7. The third-order valence-electron chi connectivity index (χ3n) is 6.33. The number of alkyl halides is 3. The number of carbonyl (C=O) groups excluding carboxylic acids is 1. The molecule has 0 aliphatic rings. The second-order valence-electron chi connectivity index (χ2n) is 8.87. The first-order valence-electron chi connectivity index (χ1n) is 11.8. The third-order valence-corrected chi connectivity index (χ3v) is 6.33. The summed E-state index contributed by atoms with van der Waals surface area (Å²) in [5.74, 6) is -0.914. The molecule has 0 fully saturated rings. The number of benzene rings is 3. The zero-order valence-corrected chi connectivity index (χ0v) is 21.0. The van der Waals surface area contributed by atoms with Crippen molar-refractivity contribution < 1.29 is 41.8 Å². The van der Waals surface area contributed by atoms with Gasteiger partial charge in [-0.3, -0.25) is 0 Å². The maximum absolute atomic E-state index is 13.0. The van der Waals surface area contributed by atoms with Crippen molar-refractivity contribution in [2.75, 3.05) is 7.11 Å². The fourth-order valence-corrected chi connectivity index (χ4v) is 4.59. The first kappa shape index (κ1) is 26.0. The number of aliphatic carboxylic acids is 1. The van der Waals surface area contributed by atoms with Crippen molar-refractivity contribution in [1.82, 2.24) is 9.72 Å². The summed E-state index contributed by atoms with van der Waals surface area (Å²) < 4.78 is 61.5. The van der Waals surface area contributed by atoms with E-state index in [4.69, 9.17) is 14.0 Å². The monoisotopic (exact) mass is 539 g/mol. The van der Waals surface area contributed by atoms with E-state index in [1.54, 1.807) is 42.5 Å². The van der Waals surface area contributed by atoms with E-state index >= 15 is 0 Å². The number of halogens is 3. The molecular weight excluding hydrogens is 517 g/mol. The summed E-state index contributed by atoms with van der Waals surface area (Å²) in [5.41, 5.74) is 3.53. The largest absolute Gasteiger partial charge is 0.573 e. The number of aromatic nitrogens is 2. The van der Waals surface area contributed by atoms with Crippen molar-refractivity contribution in [2.24, 2.45) is 0 Å². The van der Waals surface area contributed by atoms with Gasteiger partial charge in [0.1, 0.15) is 23.3 Å². The van der Waals surface area contributed by atoms with Crippen LogP contribution in [0.5, 0.6) is 17.2 Å². The highest BCUT2D eigenvalue weighted by atomic mass is 19.4. The number of carbonyl (C=O) groups is 1. The molecule has 0 saturated carbocycles. The van der Waals surface area contributed by atoms with Crippen molar-refractivity contribution in [3.05, 3.63) is 71.9 Å². The van der Waals surface area contributed by atoms with Gasteiger partial charge in [0.25, 0.3) is 0 Å². The topological polar surface area (TPSA) is 98.8 Å². The number of ether oxygens (including phenoxy) is 3. The first-order valence-corrected chi connectivity index (χ1v) is 11.8. The normalized spacial score (nSPS) is 12.6. The van der Waals surface area contributed by atoms with Crippen LogP contribution in [-0.4, -0.2) is 35.3 Å². The number of hydrogen-bond acceptors (Lipinski definition) is 7. The predicted molar refractivity (Wildman–Crippen MR) is 134 cm³/mol. The predicted octanol–water partition coefficient (Wildman–Crippen LogP) is 5.23. The molecule has 5 aromatic rings. The van der Waals surface area contributed by atoms with Crippen molar-refractivity contribution in [2.45, 2.75) is 32.9 Å². The molecule has 0 bridgehead atoms. The zero-order chi connectivity index (χ0) is 27.9. The maximum atomic E-state index is 13.0. The molecule has 5 rings (SSSR count). The summed E-state index contributed by atoms with van der Waals surface area (Å²) in [6.45, 7) is 3.42. The lowest BCUT2D eigenvalue weighted by atomic mass is 10.0. The molecule has 202 valence electrons. The third kappa shape index (κ3) is 5.07. The van der Waals surface area contributed by atoms with Crippen molar-refractivity contribution in [3.8, 4) is 28.5 Å². The Kier molecular flexibility index (Phi) is 6.59. The lowest BCUT2D eigenvalue weighted by molar-refractivity contribution is -0.312. The minimum absolute atomic E-state index is 0.230. The standard InChI is InChI=1S/C28H23F3N2O6/c1-15-24(25-21-8-5-9-23(36-3)26(21)39-32-25)20-11-10-19(38-28(29,30)31)13-22(20)33(15)14-17-6-4-7-18(12-17)37-16(2)27(34)35/h4-13,16H,14H2,1-3H3,(H,34,35)/p-1/t16-/m0/s1. The molecule has 8 nitrogen and oxygen atoms in total. The van der Waals surface area contributed by atoms with Crippen LogP contribution in [0.3, 0.4) is 0 Å². The second-order valence-corrected chi connectivity index (χ2v) is 8.87. The van der Waals surface area contributed by atoms with E-state index in [0.717, 1.165) is 5.56 Å². The first-order chi connectivity index (χ1) is 18.6. The van der Waals surface area contributed by atoms with Crippen LogP contribution >= 0.6 is 0 Å². The fraction of sp³-hybridized carbons (Fsp3) is 0.214. The summed E-state index contributed by atoms with van der Waals surface area (Å²) in [6, 6.07) is 16.3. The average Bonchev–Trinajstić information content (AvgIpc) is 3.41. The molecule has 0 spiro atoms. The van der Waals surface area contributed by atoms with Gasteiger partial charge in [0.05, 0.1) is 24.0 Å². The van der Waals surface area contributed by atoms with Crippen LogP contribution in [0.4, 0.5) is 13.2 Å². The summed E-state index contributed by atoms with van der Waals surface area (Å²) in [4.78, 5) is 11.1. The Morgan fingerprint density at radius 3 is 2.56 bits per heavy atom. The second kappa shape index (κ2) is 9.90. The van der Waals surface area contributed by atoms with Gasteiger partial charge in [0.15, 0.2) is 5.75 Å². The molecule has 0 N–H and O–H groups in total. The Bertz CT molecular complexity index is 1690. The van der Waals surface area contributed by atoms with Gasteiger partial charge in [-0.25, -0.2) is 0 Å². The molecule has 3 aromatic carbocycles. The number of carboxylic acids is 1. The molecular formula is C28H22F3N2O6-. The molecule has 2 heterocycles. The molecule has 39 heavy (non-hydrogen) atoms. The van der Waals surface area contributed by atoms with E-state index in [-0.39, 0.29) is 12.3 Å². The number of fused-ring (bicyclic) bond motifs is 2. The Balaban J connectivity index is 1.66. The fourth-order valence-electron chi connectivity index (χ4n) is 4.59. The van der Waals surface area contributed by atoms with Crippen molar-refractivity contribution in [3.63, 3.8) is 0 Å². The Morgan fingerprint density at radius 1 is 1.08 bits per heavy atom. The Labute approximate surface area is 220 Å². The van der Waals surface area contributed by atoms with Gasteiger partial charge in [-0.1, -0.05) is 23.4 Å². The molecule has 1 atom stereocenters. The minimum Gasteiger partial charge on any atom is -0.546 e. The Morgan fingerprint density at radius 2 is 1.85 bits per heavy atom. The minimum atomic E-state index is -4.86. The van der Waals surface area contributed by atoms with E-state index in [0.29, 0.717) is 50.3 Å². The highest BCUT2D eigenvalue weighted by Crippen LogP contribution is 2.41. The van der Waals surface area contributed by atoms with Crippen LogP contribution in [0, 0.1) is 6.92 Å². The van der Waals surface area contributed by atoms with E-state index in [2.05, 4.69) is 9.89 Å². The summed E-state index contributed by atoms with van der Waals surface area (Å²) in [7, 11) is 1.52. The van der Waals surface area contributed by atoms with Crippen LogP contribution in [0.1, 0.15) is 18.2 Å². The van der Waals surface area contributed by atoms with Crippen molar-refractivity contribution in [1.29, 1.82) is 0 Å². The van der Waals surface area contributed by atoms with E-state index in [1.165, 1.54) is 26.2 Å². The number of carboxylic acid groups (broad SMARTS) is 1. The van der Waals surface area contributed by atoms with Crippen molar-refractivity contribution >= 4 is 27.8 Å². The zero-order valence-electron chi connectivity index (χ0n) is 21.0. The van der Waals surface area contributed by atoms with E-state index in [9.17, 15) is 23.1 Å². The summed E-state index contributed by atoms with van der Waals surface area (Å²) in [6.07, 6.45) is -6.02. The van der Waals surface area contributed by atoms with Gasteiger partial charge in [0, 0.05) is 29.3 Å². The highest BCUT2D eigenvalue weighted by molar-refractivity contribution is 6.05. The smallest absolute Gasteiger partial charge is 0.546 e. The average molecular weight is 539 g/mol. The van der Waals surface area contributed by atoms with Gasteiger partial charge in [-0.2, -0.15) is 0 Å². The Hall–Kier alpha value is -4.67. The lowest BCUT2D eigenvalue weighted by Gasteiger charge is -2.16. The molecule has 0 aliphatic carbocycles. The maximum Gasteiger partial charge on any atom is 0.573 e. The van der Waals surface area contributed by atoms with Gasteiger partial charge in [0.2, 0.25) is 5.58 Å². The molecule has 0 radical (unpaired) electrons. The van der Waals surface area contributed by atoms with E-state index in [1.807, 2.05) is 17.6 Å². The number of nitrogens with zero attached hydrogens (tertiary/aromatic N) is 2. The van der Waals surface area contributed by atoms with Crippen LogP contribution in [0.15, 0.2) is 65.2 Å². The van der Waals surface area contributed by atoms with Crippen LogP contribution in [0.25, 0.3) is 33.1 Å². The van der Waals surface area contributed by atoms with Gasteiger partial charge in [-0.05, 0) is 55.8 Å². The molecule has 0 aliphatic heterocycles. The summed E-state index contributed by atoms with van der Waals surface area (Å²) >= 11 is 0. The number of hydrogen-bond donors (Lipinski definition) is 0.